The van der Waals surface area contributed by atoms with E-state index >= 15 is 0 Å². The largest absolute Gasteiger partial charge is 0.480 e. The number of para-hydroxylation sites is 1. The van der Waals surface area contributed by atoms with E-state index in [2.05, 4.69) is 10.3 Å². The van der Waals surface area contributed by atoms with Gasteiger partial charge in [0.25, 0.3) is 5.91 Å². The van der Waals surface area contributed by atoms with Crippen LogP contribution in [-0.2, 0) is 20.9 Å². The van der Waals surface area contributed by atoms with Crippen LogP contribution >= 0.6 is 0 Å². The third-order valence-electron chi connectivity index (χ3n) is 4.70. The minimum atomic E-state index is -1.28. The van der Waals surface area contributed by atoms with Gasteiger partial charge in [-0.1, -0.05) is 55.5 Å². The molecular formula is C22H23N3O5. The number of carboxylic acid groups (broad SMARTS) is 1. The van der Waals surface area contributed by atoms with Crippen LogP contribution in [0.2, 0.25) is 0 Å². The van der Waals surface area contributed by atoms with Crippen molar-refractivity contribution in [2.75, 3.05) is 11.4 Å². The molecule has 3 rings (SSSR count). The van der Waals surface area contributed by atoms with Gasteiger partial charge in [0.15, 0.2) is 0 Å². The molecule has 8 nitrogen and oxygen atoms in total. The van der Waals surface area contributed by atoms with Crippen molar-refractivity contribution >= 4 is 29.4 Å². The van der Waals surface area contributed by atoms with Gasteiger partial charge in [0, 0.05) is 11.3 Å². The first-order valence-corrected chi connectivity index (χ1v) is 9.57. The highest BCUT2D eigenvalue weighted by atomic mass is 16.5. The molecule has 2 amide bonds. The van der Waals surface area contributed by atoms with Gasteiger partial charge in [-0.05, 0) is 24.5 Å². The van der Waals surface area contributed by atoms with Crippen LogP contribution in [0.1, 0.15) is 30.0 Å². The number of carbonyl (C=O) groups is 3. The fourth-order valence-corrected chi connectivity index (χ4v) is 3.33. The number of carbonyl (C=O) groups excluding carboxylic acids is 2. The molecule has 1 atom stereocenters. The van der Waals surface area contributed by atoms with Crippen molar-refractivity contribution in [1.29, 1.82) is 0 Å². The lowest BCUT2D eigenvalue weighted by molar-refractivity contribution is -0.136. The van der Waals surface area contributed by atoms with Crippen LogP contribution in [0.3, 0.4) is 0 Å². The molecule has 0 aliphatic carbocycles. The van der Waals surface area contributed by atoms with E-state index in [1.807, 2.05) is 43.3 Å². The van der Waals surface area contributed by atoms with Crippen LogP contribution in [0.25, 0.3) is 0 Å². The van der Waals surface area contributed by atoms with Gasteiger partial charge in [-0.3, -0.25) is 24.8 Å². The molecule has 0 bridgehead atoms. The summed E-state index contributed by atoms with van der Waals surface area (Å²) in [5, 5.41) is 11.8. The zero-order chi connectivity index (χ0) is 21.7. The van der Waals surface area contributed by atoms with Gasteiger partial charge < -0.3 is 9.84 Å². The Morgan fingerprint density at radius 3 is 2.57 bits per heavy atom. The first kappa shape index (κ1) is 21.0. The van der Waals surface area contributed by atoms with Gasteiger partial charge in [-0.2, -0.15) is 0 Å². The second-order valence-electron chi connectivity index (χ2n) is 6.83. The smallest absolute Gasteiger partial charge is 0.409 e. The van der Waals surface area contributed by atoms with Crippen LogP contribution < -0.4 is 10.2 Å². The highest BCUT2D eigenvalue weighted by Crippen LogP contribution is 2.30. The molecule has 2 N–H and O–H groups in total. The normalized spacial score (nSPS) is 15.7. The molecule has 1 heterocycles. The summed E-state index contributed by atoms with van der Waals surface area (Å²) in [4.78, 5) is 42.5. The van der Waals surface area contributed by atoms with E-state index in [1.165, 1.54) is 0 Å². The number of amides is 2. The number of fused-ring (bicyclic) bond motifs is 1. The van der Waals surface area contributed by atoms with Crippen molar-refractivity contribution in [2.24, 2.45) is 4.99 Å². The van der Waals surface area contributed by atoms with Crippen LogP contribution in [0.4, 0.5) is 10.5 Å². The molecule has 8 heteroatoms. The standard InChI is InChI=1S/C22H23N3O5/c1-3-17-16-11-7-8-14(2)19(16)25(12-18(26)27)21(28)20(23-17)24-22(29)30-13-15-9-5-4-6-10-15/h4-11,20H,3,12-13H2,1-2H3,(H,24,29)(H,26,27)/t20-/m1/s1. The number of anilines is 1. The van der Waals surface area contributed by atoms with Crippen LogP contribution in [0.5, 0.6) is 0 Å². The monoisotopic (exact) mass is 409 g/mol. The maximum atomic E-state index is 13.2. The third-order valence-corrected chi connectivity index (χ3v) is 4.70. The summed E-state index contributed by atoms with van der Waals surface area (Å²) in [5.41, 5.74) is 3.31. The van der Waals surface area contributed by atoms with E-state index in [9.17, 15) is 19.5 Å². The number of aliphatic carboxylic acids is 1. The Hall–Kier alpha value is -3.68. The summed E-state index contributed by atoms with van der Waals surface area (Å²) in [6.45, 7) is 3.18. The Balaban J connectivity index is 1.87. The molecule has 1 aliphatic heterocycles. The number of benzene rings is 2. The zero-order valence-corrected chi connectivity index (χ0v) is 16.8. The summed E-state index contributed by atoms with van der Waals surface area (Å²) in [6.07, 6.45) is -1.59. The molecule has 1 aliphatic rings. The number of ether oxygens (including phenoxy) is 1. The lowest BCUT2D eigenvalue weighted by Crippen LogP contribution is -2.49. The van der Waals surface area contributed by atoms with Crippen LogP contribution in [0.15, 0.2) is 53.5 Å². The van der Waals surface area contributed by atoms with Gasteiger partial charge in [-0.15, -0.1) is 0 Å². The van der Waals surface area contributed by atoms with Crippen LogP contribution in [0, 0.1) is 6.92 Å². The number of carboxylic acids is 1. The Labute approximate surface area is 174 Å². The lowest BCUT2D eigenvalue weighted by Gasteiger charge is -2.25. The number of nitrogens with zero attached hydrogens (tertiary/aromatic N) is 2. The Kier molecular flexibility index (Phi) is 6.46. The fraction of sp³-hybridized carbons (Fsp3) is 0.273. The van der Waals surface area contributed by atoms with Gasteiger partial charge in [0.1, 0.15) is 13.2 Å². The number of rotatable bonds is 6. The molecule has 0 fully saturated rings. The molecule has 0 unspecified atom stereocenters. The zero-order valence-electron chi connectivity index (χ0n) is 16.8. The molecule has 0 saturated carbocycles. The van der Waals surface area contributed by atoms with Gasteiger partial charge in [0.05, 0.1) is 5.69 Å². The number of alkyl carbamates (subject to hydrolysis) is 1. The predicted octanol–water partition coefficient (Wildman–Crippen LogP) is 2.88. The summed E-state index contributed by atoms with van der Waals surface area (Å²) < 4.78 is 5.20. The maximum absolute atomic E-state index is 13.2. The number of hydrogen-bond donors (Lipinski definition) is 2. The summed E-state index contributed by atoms with van der Waals surface area (Å²) in [7, 11) is 0. The molecule has 0 aromatic heterocycles. The maximum Gasteiger partial charge on any atom is 0.409 e. The molecule has 0 spiro atoms. The highest BCUT2D eigenvalue weighted by Gasteiger charge is 2.34. The topological polar surface area (TPSA) is 108 Å². The average Bonchev–Trinajstić information content (AvgIpc) is 2.83. The van der Waals surface area contributed by atoms with Crippen molar-refractivity contribution in [2.45, 2.75) is 33.0 Å². The molecular weight excluding hydrogens is 386 g/mol. The van der Waals surface area contributed by atoms with E-state index in [-0.39, 0.29) is 6.61 Å². The molecule has 2 aromatic rings. The first-order chi connectivity index (χ1) is 14.4. The average molecular weight is 409 g/mol. The number of aliphatic imine (C=N–C) groups is 1. The van der Waals surface area contributed by atoms with Crippen molar-refractivity contribution in [1.82, 2.24) is 5.32 Å². The fourth-order valence-electron chi connectivity index (χ4n) is 3.33. The van der Waals surface area contributed by atoms with Crippen LogP contribution in [-0.4, -0.2) is 41.5 Å². The van der Waals surface area contributed by atoms with Gasteiger partial charge in [-0.25, -0.2) is 4.79 Å². The SMILES string of the molecule is CCC1=N[C@H](NC(=O)OCc2ccccc2)C(=O)N(CC(=O)O)c2c(C)cccc21. The molecule has 156 valence electrons. The number of benzodiazepines with no additional fused rings is 1. The quantitative estimate of drug-likeness (QED) is 0.763. The van der Waals surface area contributed by atoms with E-state index < -0.39 is 30.7 Å². The van der Waals surface area contributed by atoms with Crippen molar-refractivity contribution in [3.05, 3.63) is 65.2 Å². The van der Waals surface area contributed by atoms with Crippen molar-refractivity contribution < 1.29 is 24.2 Å². The van der Waals surface area contributed by atoms with E-state index in [0.29, 0.717) is 23.4 Å². The summed E-state index contributed by atoms with van der Waals surface area (Å²) in [5.74, 6) is -1.80. The van der Waals surface area contributed by atoms with E-state index in [0.717, 1.165) is 16.0 Å². The van der Waals surface area contributed by atoms with E-state index in [4.69, 9.17) is 4.74 Å². The number of hydrogen-bond acceptors (Lipinski definition) is 5. The van der Waals surface area contributed by atoms with Crippen molar-refractivity contribution in [3.63, 3.8) is 0 Å². The number of nitrogens with one attached hydrogen (secondary N) is 1. The number of aryl methyl sites for hydroxylation is 1. The van der Waals surface area contributed by atoms with Crippen molar-refractivity contribution in [3.8, 4) is 0 Å². The highest BCUT2D eigenvalue weighted by molar-refractivity contribution is 6.14. The lowest BCUT2D eigenvalue weighted by atomic mass is 10.0. The summed E-state index contributed by atoms with van der Waals surface area (Å²) >= 11 is 0. The Morgan fingerprint density at radius 1 is 1.17 bits per heavy atom. The minimum absolute atomic E-state index is 0.0378. The molecule has 0 saturated heterocycles. The second-order valence-corrected chi connectivity index (χ2v) is 6.83. The predicted molar refractivity (Wildman–Crippen MR) is 112 cm³/mol. The van der Waals surface area contributed by atoms with Gasteiger partial charge in [0.2, 0.25) is 6.17 Å². The Bertz CT molecular complexity index is 988. The molecule has 30 heavy (non-hydrogen) atoms. The minimum Gasteiger partial charge on any atom is -0.480 e. The van der Waals surface area contributed by atoms with Gasteiger partial charge >= 0.3 is 12.1 Å². The summed E-state index contributed by atoms with van der Waals surface area (Å²) in [6, 6.07) is 14.5. The first-order valence-electron chi connectivity index (χ1n) is 9.57. The van der Waals surface area contributed by atoms with E-state index in [1.54, 1.807) is 19.1 Å². The third kappa shape index (κ3) is 4.65. The Morgan fingerprint density at radius 2 is 1.90 bits per heavy atom. The molecule has 0 radical (unpaired) electrons. The second kappa shape index (κ2) is 9.21. The molecule has 2 aromatic carbocycles.